The first-order valence-electron chi connectivity index (χ1n) is 7.12. The van der Waals surface area contributed by atoms with Gasteiger partial charge >= 0.3 is 0 Å². The molecule has 0 bridgehead atoms. The fraction of sp³-hybridized carbons (Fsp3) is 0.400. The van der Waals surface area contributed by atoms with E-state index in [-0.39, 0.29) is 9.62 Å². The van der Waals surface area contributed by atoms with Crippen LogP contribution < -0.4 is 15.2 Å². The van der Waals surface area contributed by atoms with Crippen LogP contribution in [0.4, 0.5) is 5.13 Å². The maximum atomic E-state index is 11.2. The van der Waals surface area contributed by atoms with Crippen LogP contribution in [-0.2, 0) is 15.4 Å². The van der Waals surface area contributed by atoms with Gasteiger partial charge in [-0.2, -0.15) is 0 Å². The van der Waals surface area contributed by atoms with Gasteiger partial charge in [-0.1, -0.05) is 44.2 Å². The van der Waals surface area contributed by atoms with E-state index in [9.17, 15) is 8.42 Å². The van der Waals surface area contributed by atoms with E-state index in [1.165, 1.54) is 11.8 Å². The molecule has 3 N–H and O–H groups in total. The molecule has 126 valence electrons. The maximum absolute atomic E-state index is 11.2. The molecule has 1 heterocycles. The molecule has 2 aromatic rings. The number of thiazole rings is 1. The number of anilines is 1. The Morgan fingerprint density at radius 3 is 2.43 bits per heavy atom. The number of sulfonamides is 1. The Morgan fingerprint density at radius 2 is 1.91 bits per heavy atom. The van der Waals surface area contributed by atoms with Crippen LogP contribution in [0, 0.1) is 0 Å². The third-order valence-corrected chi connectivity index (χ3v) is 5.50. The summed E-state index contributed by atoms with van der Waals surface area (Å²) >= 11 is 1.00. The molecule has 0 spiro atoms. The first-order valence-corrected chi connectivity index (χ1v) is 9.48. The van der Waals surface area contributed by atoms with Gasteiger partial charge in [-0.25, -0.2) is 18.5 Å². The minimum absolute atomic E-state index is 0.0405. The minimum atomic E-state index is -3.69. The Hall–Kier alpha value is -1.64. The number of hydrogen-bond acceptors (Lipinski definition) is 6. The van der Waals surface area contributed by atoms with Gasteiger partial charge in [-0.05, 0) is 23.1 Å². The van der Waals surface area contributed by atoms with Gasteiger partial charge in [-0.3, -0.25) is 0 Å². The number of nitrogens with one attached hydrogen (secondary N) is 1. The predicted octanol–water partition coefficient (Wildman–Crippen LogP) is 2.58. The van der Waals surface area contributed by atoms with Crippen molar-refractivity contribution >= 4 is 26.5 Å². The first kappa shape index (κ1) is 17.7. The molecule has 1 aromatic heterocycles. The highest BCUT2D eigenvalue weighted by atomic mass is 32.2. The van der Waals surface area contributed by atoms with Crippen LogP contribution in [0.1, 0.15) is 26.3 Å². The summed E-state index contributed by atoms with van der Waals surface area (Å²) in [5.74, 6) is 0.796. The Kier molecular flexibility index (Phi) is 5.28. The van der Waals surface area contributed by atoms with Crippen molar-refractivity contribution in [2.45, 2.75) is 30.4 Å². The third kappa shape index (κ3) is 5.19. The van der Waals surface area contributed by atoms with E-state index in [4.69, 9.17) is 9.88 Å². The fourth-order valence-corrected chi connectivity index (χ4v) is 3.33. The van der Waals surface area contributed by atoms with Gasteiger partial charge in [0.25, 0.3) is 0 Å². The van der Waals surface area contributed by atoms with Gasteiger partial charge in [0, 0.05) is 0 Å². The van der Waals surface area contributed by atoms with Crippen molar-refractivity contribution in [3.8, 4) is 5.75 Å². The molecule has 0 aliphatic heterocycles. The molecule has 0 atom stereocenters. The van der Waals surface area contributed by atoms with Crippen molar-refractivity contribution in [1.82, 2.24) is 4.98 Å². The summed E-state index contributed by atoms with van der Waals surface area (Å²) in [4.78, 5) is 3.96. The number of primary sulfonamides is 1. The Labute approximate surface area is 140 Å². The number of rotatable bonds is 6. The second-order valence-corrected chi connectivity index (χ2v) is 8.90. The number of aromatic nitrogens is 1. The smallest absolute Gasteiger partial charge is 0.249 e. The molecule has 0 aliphatic rings. The van der Waals surface area contributed by atoms with Crippen LogP contribution in [0.3, 0.4) is 0 Å². The topological polar surface area (TPSA) is 94.3 Å². The first-order chi connectivity index (χ1) is 10.7. The predicted molar refractivity (Wildman–Crippen MR) is 92.6 cm³/mol. The zero-order valence-electron chi connectivity index (χ0n) is 13.4. The van der Waals surface area contributed by atoms with Gasteiger partial charge in [-0.15, -0.1) is 0 Å². The van der Waals surface area contributed by atoms with Gasteiger partial charge in [0.05, 0.1) is 12.7 Å². The van der Waals surface area contributed by atoms with E-state index in [1.54, 1.807) is 0 Å². The number of hydrogen-bond donors (Lipinski definition) is 2. The van der Waals surface area contributed by atoms with Crippen molar-refractivity contribution in [3.63, 3.8) is 0 Å². The van der Waals surface area contributed by atoms with Gasteiger partial charge in [0.2, 0.25) is 10.0 Å². The average Bonchev–Trinajstić information content (AvgIpc) is 2.92. The van der Waals surface area contributed by atoms with Gasteiger partial charge in [0.1, 0.15) is 12.4 Å². The van der Waals surface area contributed by atoms with Crippen molar-refractivity contribution in [2.24, 2.45) is 5.14 Å². The van der Waals surface area contributed by atoms with Crippen LogP contribution in [-0.4, -0.2) is 26.6 Å². The molecule has 6 nitrogen and oxygen atoms in total. The van der Waals surface area contributed by atoms with Crippen LogP contribution in [0.25, 0.3) is 0 Å². The third-order valence-electron chi connectivity index (χ3n) is 3.13. The average molecular weight is 355 g/mol. The lowest BCUT2D eigenvalue weighted by Crippen LogP contribution is -2.12. The molecule has 23 heavy (non-hydrogen) atoms. The van der Waals surface area contributed by atoms with E-state index in [0.717, 1.165) is 17.1 Å². The van der Waals surface area contributed by atoms with Crippen molar-refractivity contribution in [3.05, 3.63) is 36.0 Å². The molecule has 0 unspecified atom stereocenters. The van der Waals surface area contributed by atoms with Crippen LogP contribution in [0.2, 0.25) is 0 Å². The zero-order chi connectivity index (χ0) is 17.1. The number of nitrogens with zero attached hydrogens (tertiary/aromatic N) is 1. The van der Waals surface area contributed by atoms with Crippen LogP contribution in [0.5, 0.6) is 5.75 Å². The zero-order valence-corrected chi connectivity index (χ0v) is 15.0. The molecule has 0 amide bonds. The highest BCUT2D eigenvalue weighted by Gasteiger charge is 2.13. The minimum Gasteiger partial charge on any atom is -0.492 e. The summed E-state index contributed by atoms with van der Waals surface area (Å²) in [5.41, 5.74) is 1.37. The lowest BCUT2D eigenvalue weighted by molar-refractivity contribution is 0.332. The summed E-state index contributed by atoms with van der Waals surface area (Å²) in [6.07, 6.45) is 1.24. The summed E-state index contributed by atoms with van der Waals surface area (Å²) in [7, 11) is -3.69. The highest BCUT2D eigenvalue weighted by molar-refractivity contribution is 7.91. The van der Waals surface area contributed by atoms with Crippen molar-refractivity contribution in [1.29, 1.82) is 0 Å². The number of benzene rings is 1. The Bertz CT molecular complexity index is 747. The number of nitrogens with two attached hydrogens (primary N) is 1. The quantitative estimate of drug-likeness (QED) is 0.777. The lowest BCUT2D eigenvalue weighted by Gasteiger charge is -2.19. The molecule has 0 saturated carbocycles. The molecular weight excluding hydrogens is 334 g/mol. The highest BCUT2D eigenvalue weighted by Crippen LogP contribution is 2.24. The molecule has 0 saturated heterocycles. The number of ether oxygens (including phenoxy) is 1. The van der Waals surface area contributed by atoms with E-state index in [2.05, 4.69) is 43.2 Å². The van der Waals surface area contributed by atoms with E-state index in [1.807, 2.05) is 12.1 Å². The van der Waals surface area contributed by atoms with Gasteiger partial charge in [0.15, 0.2) is 9.34 Å². The molecule has 2 rings (SSSR count). The monoisotopic (exact) mass is 355 g/mol. The molecule has 8 heteroatoms. The normalized spacial score (nSPS) is 12.2. The summed E-state index contributed by atoms with van der Waals surface area (Å²) in [6, 6.07) is 8.01. The summed E-state index contributed by atoms with van der Waals surface area (Å²) in [5, 5.41) is 8.54. The summed E-state index contributed by atoms with van der Waals surface area (Å²) in [6.45, 7) is 7.45. The molecule has 0 fully saturated rings. The fourth-order valence-electron chi connectivity index (χ4n) is 1.85. The van der Waals surface area contributed by atoms with E-state index in [0.29, 0.717) is 18.3 Å². The van der Waals surface area contributed by atoms with Crippen LogP contribution >= 0.6 is 11.3 Å². The Balaban J connectivity index is 1.80. The SMILES string of the molecule is CC(C)(C)c1ccc(OCCNc2ncc(S(N)(=O)=O)s2)cc1. The molecule has 1 aromatic carbocycles. The largest absolute Gasteiger partial charge is 0.492 e. The Morgan fingerprint density at radius 1 is 1.26 bits per heavy atom. The molecular formula is C15H21N3O3S2. The van der Waals surface area contributed by atoms with Gasteiger partial charge < -0.3 is 10.1 Å². The standard InChI is InChI=1S/C15H21N3O3S2/c1-15(2,3)11-4-6-12(7-5-11)21-9-8-17-14-18-10-13(22-14)23(16,19)20/h4-7,10H,8-9H2,1-3H3,(H,17,18)(H2,16,19,20). The van der Waals surface area contributed by atoms with Crippen molar-refractivity contribution < 1.29 is 13.2 Å². The maximum Gasteiger partial charge on any atom is 0.249 e. The van der Waals surface area contributed by atoms with E-state index >= 15 is 0 Å². The second-order valence-electron chi connectivity index (χ2n) is 6.08. The molecule has 0 radical (unpaired) electrons. The summed E-state index contributed by atoms with van der Waals surface area (Å²) < 4.78 is 28.0. The van der Waals surface area contributed by atoms with Crippen LogP contribution in [0.15, 0.2) is 34.7 Å². The molecule has 0 aliphatic carbocycles. The lowest BCUT2D eigenvalue weighted by atomic mass is 9.87. The van der Waals surface area contributed by atoms with E-state index < -0.39 is 10.0 Å². The second kappa shape index (κ2) is 6.86. The van der Waals surface area contributed by atoms with Crippen molar-refractivity contribution in [2.75, 3.05) is 18.5 Å².